The van der Waals surface area contributed by atoms with E-state index in [1.54, 1.807) is 23.2 Å². The topological polar surface area (TPSA) is 58.4 Å². The molecule has 0 aliphatic rings. The van der Waals surface area contributed by atoms with Crippen molar-refractivity contribution in [1.29, 1.82) is 0 Å². The summed E-state index contributed by atoms with van der Waals surface area (Å²) in [7, 11) is 0. The van der Waals surface area contributed by atoms with Gasteiger partial charge in [0.15, 0.2) is 0 Å². The maximum absolute atomic E-state index is 12.5. The van der Waals surface area contributed by atoms with E-state index in [0.717, 1.165) is 11.1 Å². The summed E-state index contributed by atoms with van der Waals surface area (Å²) in [5.74, 6) is 0.252. The van der Waals surface area contributed by atoms with Gasteiger partial charge in [0, 0.05) is 31.0 Å². The lowest BCUT2D eigenvalue weighted by atomic mass is 9.97. The summed E-state index contributed by atoms with van der Waals surface area (Å²) in [4.78, 5) is 14.3. The molecule has 1 aromatic heterocycles. The van der Waals surface area contributed by atoms with Crippen LogP contribution in [-0.4, -0.2) is 38.8 Å². The zero-order valence-corrected chi connectivity index (χ0v) is 15.0. The van der Waals surface area contributed by atoms with Gasteiger partial charge in [0.1, 0.15) is 11.8 Å². The average molecular weight is 349 g/mol. The number of aromatic hydroxyl groups is 1. The van der Waals surface area contributed by atoms with Crippen LogP contribution >= 0.6 is 0 Å². The number of hydrogen-bond acceptors (Lipinski definition) is 3. The fourth-order valence-corrected chi connectivity index (χ4v) is 3.13. The molecule has 0 saturated carbocycles. The van der Waals surface area contributed by atoms with Gasteiger partial charge in [0.05, 0.1) is 0 Å². The van der Waals surface area contributed by atoms with Crippen LogP contribution < -0.4 is 0 Å². The second kappa shape index (κ2) is 7.87. The molecule has 1 unspecified atom stereocenters. The normalized spacial score (nSPS) is 11.9. The van der Waals surface area contributed by atoms with E-state index < -0.39 is 0 Å². The van der Waals surface area contributed by atoms with Crippen LogP contribution in [0.3, 0.4) is 0 Å². The molecule has 0 aliphatic carbocycles. The predicted molar refractivity (Wildman–Crippen MR) is 101 cm³/mol. The molecular weight excluding hydrogens is 326 g/mol. The number of hydrogen-bond donors (Lipinski definition) is 1. The number of nitrogens with zero attached hydrogens (tertiary/aromatic N) is 3. The van der Waals surface area contributed by atoms with Gasteiger partial charge in [-0.3, -0.25) is 9.48 Å². The van der Waals surface area contributed by atoms with E-state index in [9.17, 15) is 9.90 Å². The predicted octanol–water partition coefficient (Wildman–Crippen LogP) is 3.71. The Morgan fingerprint density at radius 3 is 2.38 bits per heavy atom. The number of phenols is 1. The number of rotatable bonds is 6. The molecule has 0 radical (unpaired) electrons. The molecule has 3 rings (SSSR count). The van der Waals surface area contributed by atoms with Crippen molar-refractivity contribution < 1.29 is 9.90 Å². The molecule has 1 amide bonds. The Morgan fingerprint density at radius 1 is 1.08 bits per heavy atom. The maximum atomic E-state index is 12.5. The van der Waals surface area contributed by atoms with E-state index in [2.05, 4.69) is 5.10 Å². The summed E-state index contributed by atoms with van der Waals surface area (Å²) in [6.07, 6.45) is 3.62. The lowest BCUT2D eigenvalue weighted by molar-refractivity contribution is 0.0773. The smallest absolute Gasteiger partial charge is 0.253 e. The first-order valence-electron chi connectivity index (χ1n) is 8.81. The molecule has 0 bridgehead atoms. The van der Waals surface area contributed by atoms with Gasteiger partial charge in [0.25, 0.3) is 5.91 Å². The van der Waals surface area contributed by atoms with Crippen molar-refractivity contribution >= 4 is 5.91 Å². The molecule has 1 heterocycles. The van der Waals surface area contributed by atoms with E-state index >= 15 is 0 Å². The Morgan fingerprint density at radius 2 is 1.81 bits per heavy atom. The Kier molecular flexibility index (Phi) is 5.37. The summed E-state index contributed by atoms with van der Waals surface area (Å²) in [6.45, 7) is 5.34. The first-order valence-corrected chi connectivity index (χ1v) is 8.81. The lowest BCUT2D eigenvalue weighted by Crippen LogP contribution is -2.30. The molecule has 3 aromatic rings. The minimum absolute atomic E-state index is 0.0366. The van der Waals surface area contributed by atoms with Gasteiger partial charge in [-0.2, -0.15) is 5.10 Å². The third kappa shape index (κ3) is 3.61. The monoisotopic (exact) mass is 349 g/mol. The van der Waals surface area contributed by atoms with Crippen LogP contribution in [-0.2, 0) is 0 Å². The number of aromatic nitrogens is 2. The highest BCUT2D eigenvalue weighted by atomic mass is 16.3. The average Bonchev–Trinajstić information content (AvgIpc) is 3.18. The van der Waals surface area contributed by atoms with Crippen LogP contribution in [0.15, 0.2) is 67.0 Å². The van der Waals surface area contributed by atoms with Crippen LogP contribution in [0.1, 0.15) is 41.4 Å². The Hall–Kier alpha value is -3.08. The lowest BCUT2D eigenvalue weighted by Gasteiger charge is -2.21. The van der Waals surface area contributed by atoms with Gasteiger partial charge in [-0.1, -0.05) is 24.3 Å². The number of carbonyl (C=O) groups excluding carboxylic acids is 1. The zero-order chi connectivity index (χ0) is 18.5. The first-order chi connectivity index (χ1) is 12.6. The largest absolute Gasteiger partial charge is 0.508 e. The molecule has 0 aliphatic heterocycles. The molecule has 0 saturated heterocycles. The molecule has 2 aromatic carbocycles. The third-order valence-electron chi connectivity index (χ3n) is 4.50. The summed E-state index contributed by atoms with van der Waals surface area (Å²) in [6, 6.07) is 16.5. The summed E-state index contributed by atoms with van der Waals surface area (Å²) in [5.41, 5.74) is 2.60. The number of phenolic OH excluding ortho intramolecular Hbond substituents is 1. The van der Waals surface area contributed by atoms with Crippen molar-refractivity contribution in [3.63, 3.8) is 0 Å². The summed E-state index contributed by atoms with van der Waals surface area (Å²) in [5, 5.41) is 14.2. The maximum Gasteiger partial charge on any atom is 0.253 e. The molecule has 26 heavy (non-hydrogen) atoms. The van der Waals surface area contributed by atoms with Crippen LogP contribution in [0.25, 0.3) is 0 Å². The fraction of sp³-hybridized carbons (Fsp3) is 0.238. The highest BCUT2D eigenvalue weighted by molar-refractivity contribution is 5.94. The van der Waals surface area contributed by atoms with Crippen molar-refractivity contribution in [3.8, 4) is 5.75 Å². The molecule has 1 atom stereocenters. The van der Waals surface area contributed by atoms with Crippen molar-refractivity contribution in [2.24, 2.45) is 0 Å². The van der Waals surface area contributed by atoms with Crippen LogP contribution in [0.5, 0.6) is 5.75 Å². The molecule has 5 nitrogen and oxygen atoms in total. The highest BCUT2D eigenvalue weighted by Crippen LogP contribution is 2.28. The van der Waals surface area contributed by atoms with E-state index in [-0.39, 0.29) is 17.7 Å². The Balaban J connectivity index is 1.97. The number of carbonyl (C=O) groups is 1. The van der Waals surface area contributed by atoms with Gasteiger partial charge in [-0.15, -0.1) is 0 Å². The van der Waals surface area contributed by atoms with Gasteiger partial charge < -0.3 is 10.0 Å². The van der Waals surface area contributed by atoms with E-state index in [0.29, 0.717) is 18.7 Å². The van der Waals surface area contributed by atoms with Gasteiger partial charge in [-0.05, 0) is 55.3 Å². The molecule has 1 N–H and O–H groups in total. The standard InChI is InChI=1S/C21H23N3O2/c1-3-23(4-2)21(26)17-11-9-16(10-12-17)20(24-14-6-13-22-24)18-7-5-8-19(25)15-18/h5-15,20,25H,3-4H2,1-2H3. The minimum atomic E-state index is -0.172. The van der Waals surface area contributed by atoms with Crippen molar-refractivity contribution in [3.05, 3.63) is 83.7 Å². The Labute approximate surface area is 153 Å². The van der Waals surface area contributed by atoms with Crippen LogP contribution in [0.4, 0.5) is 0 Å². The van der Waals surface area contributed by atoms with Crippen LogP contribution in [0, 0.1) is 0 Å². The second-order valence-electron chi connectivity index (χ2n) is 6.08. The SMILES string of the molecule is CCN(CC)C(=O)c1ccc(C(c2cccc(O)c2)n2cccn2)cc1. The third-order valence-corrected chi connectivity index (χ3v) is 4.50. The molecule has 134 valence electrons. The van der Waals surface area contributed by atoms with E-state index in [1.807, 2.05) is 67.2 Å². The second-order valence-corrected chi connectivity index (χ2v) is 6.08. The van der Waals surface area contributed by atoms with E-state index in [4.69, 9.17) is 0 Å². The van der Waals surface area contributed by atoms with Gasteiger partial charge in [-0.25, -0.2) is 0 Å². The van der Waals surface area contributed by atoms with E-state index in [1.165, 1.54) is 0 Å². The van der Waals surface area contributed by atoms with Gasteiger partial charge in [0.2, 0.25) is 0 Å². The van der Waals surface area contributed by atoms with Crippen molar-refractivity contribution in [1.82, 2.24) is 14.7 Å². The van der Waals surface area contributed by atoms with Crippen molar-refractivity contribution in [2.75, 3.05) is 13.1 Å². The first kappa shape index (κ1) is 17.7. The zero-order valence-electron chi connectivity index (χ0n) is 15.0. The number of amides is 1. The van der Waals surface area contributed by atoms with Crippen LogP contribution in [0.2, 0.25) is 0 Å². The quantitative estimate of drug-likeness (QED) is 0.738. The van der Waals surface area contributed by atoms with Gasteiger partial charge >= 0.3 is 0 Å². The molecule has 0 spiro atoms. The summed E-state index contributed by atoms with van der Waals surface area (Å²) < 4.78 is 1.84. The summed E-state index contributed by atoms with van der Waals surface area (Å²) >= 11 is 0. The number of benzene rings is 2. The highest BCUT2D eigenvalue weighted by Gasteiger charge is 2.19. The minimum Gasteiger partial charge on any atom is -0.508 e. The molecule has 0 fully saturated rings. The van der Waals surface area contributed by atoms with Crippen molar-refractivity contribution in [2.45, 2.75) is 19.9 Å². The fourth-order valence-electron chi connectivity index (χ4n) is 3.13. The Bertz CT molecular complexity index is 853. The molecular formula is C21H23N3O2. The molecule has 5 heteroatoms.